The fourth-order valence-corrected chi connectivity index (χ4v) is 2.34. The van der Waals surface area contributed by atoms with Crippen molar-refractivity contribution in [1.82, 2.24) is 15.1 Å². The molecule has 1 heterocycles. The number of carbonyl (C=O) groups is 1. The van der Waals surface area contributed by atoms with Gasteiger partial charge in [-0.3, -0.25) is 9.48 Å². The second-order valence-electron chi connectivity index (χ2n) is 5.47. The van der Waals surface area contributed by atoms with E-state index < -0.39 is 18.6 Å². The summed E-state index contributed by atoms with van der Waals surface area (Å²) < 4.78 is 38.5. The van der Waals surface area contributed by atoms with Crippen molar-refractivity contribution in [2.24, 2.45) is 7.05 Å². The second kappa shape index (κ2) is 7.48. The molecule has 130 valence electrons. The van der Waals surface area contributed by atoms with Gasteiger partial charge in [-0.15, -0.1) is 0 Å². The van der Waals surface area contributed by atoms with Crippen LogP contribution in [0.4, 0.5) is 18.9 Å². The Balaban J connectivity index is 2.05. The van der Waals surface area contributed by atoms with Gasteiger partial charge in [-0.25, -0.2) is 0 Å². The number of hydrogen-bond acceptors (Lipinski definition) is 3. The molecule has 0 aliphatic rings. The van der Waals surface area contributed by atoms with Crippen LogP contribution in [0.2, 0.25) is 0 Å². The molecule has 1 amide bonds. The van der Waals surface area contributed by atoms with Gasteiger partial charge >= 0.3 is 6.18 Å². The predicted octanol–water partition coefficient (Wildman–Crippen LogP) is 2.81. The van der Waals surface area contributed by atoms with E-state index in [0.717, 1.165) is 0 Å². The van der Waals surface area contributed by atoms with Crippen molar-refractivity contribution >= 4 is 11.6 Å². The number of halogens is 3. The summed E-state index contributed by atoms with van der Waals surface area (Å²) in [6.07, 6.45) is -1.90. The van der Waals surface area contributed by atoms with E-state index in [1.807, 2.05) is 0 Å². The molecule has 24 heavy (non-hydrogen) atoms. The standard InChI is InChI=1S/C16H19F3N4O/c1-20-14(12-9-21-23(2)10-12)15(24)22-13-5-3-4-11(8-13)6-7-16(17,18)19/h3-5,8-10,14,20H,6-7H2,1-2H3,(H,22,24). The van der Waals surface area contributed by atoms with E-state index in [-0.39, 0.29) is 12.3 Å². The third-order valence-electron chi connectivity index (χ3n) is 3.50. The monoisotopic (exact) mass is 340 g/mol. The van der Waals surface area contributed by atoms with Gasteiger partial charge in [-0.2, -0.15) is 18.3 Å². The van der Waals surface area contributed by atoms with Crippen molar-refractivity contribution in [3.63, 3.8) is 0 Å². The van der Waals surface area contributed by atoms with E-state index >= 15 is 0 Å². The lowest BCUT2D eigenvalue weighted by Crippen LogP contribution is -2.30. The second-order valence-corrected chi connectivity index (χ2v) is 5.47. The number of aryl methyl sites for hydroxylation is 2. The molecule has 0 saturated heterocycles. The number of alkyl halides is 3. The van der Waals surface area contributed by atoms with Crippen molar-refractivity contribution < 1.29 is 18.0 Å². The van der Waals surface area contributed by atoms with E-state index in [9.17, 15) is 18.0 Å². The van der Waals surface area contributed by atoms with Crippen LogP contribution in [-0.2, 0) is 18.3 Å². The summed E-state index contributed by atoms with van der Waals surface area (Å²) in [5.41, 5.74) is 1.68. The van der Waals surface area contributed by atoms with Crippen molar-refractivity contribution in [3.8, 4) is 0 Å². The van der Waals surface area contributed by atoms with Crippen molar-refractivity contribution in [2.75, 3.05) is 12.4 Å². The van der Waals surface area contributed by atoms with E-state index in [2.05, 4.69) is 15.7 Å². The molecule has 1 aromatic carbocycles. The zero-order chi connectivity index (χ0) is 17.7. The van der Waals surface area contributed by atoms with Crippen molar-refractivity contribution in [2.45, 2.75) is 25.1 Å². The molecule has 0 bridgehead atoms. The molecule has 2 aromatic rings. The van der Waals surface area contributed by atoms with Crippen LogP contribution in [0.3, 0.4) is 0 Å². The van der Waals surface area contributed by atoms with Gasteiger partial charge in [0.05, 0.1) is 6.20 Å². The lowest BCUT2D eigenvalue weighted by atomic mass is 10.1. The third-order valence-corrected chi connectivity index (χ3v) is 3.50. The van der Waals surface area contributed by atoms with Crippen LogP contribution in [0.1, 0.15) is 23.6 Å². The molecule has 1 aromatic heterocycles. The number of aromatic nitrogens is 2. The van der Waals surface area contributed by atoms with Crippen LogP contribution in [-0.4, -0.2) is 28.9 Å². The maximum Gasteiger partial charge on any atom is 0.389 e. The minimum absolute atomic E-state index is 0.120. The number of amides is 1. The highest BCUT2D eigenvalue weighted by Gasteiger charge is 2.26. The number of carbonyl (C=O) groups excluding carboxylic acids is 1. The molecule has 5 nitrogen and oxygen atoms in total. The molecule has 0 aliphatic carbocycles. The SMILES string of the molecule is CNC(C(=O)Nc1cccc(CCC(F)(F)F)c1)c1cnn(C)c1. The Morgan fingerprint density at radius 3 is 2.71 bits per heavy atom. The molecule has 0 aliphatic heterocycles. The summed E-state index contributed by atoms with van der Waals surface area (Å²) in [4.78, 5) is 12.4. The largest absolute Gasteiger partial charge is 0.389 e. The first-order chi connectivity index (χ1) is 11.3. The Bertz CT molecular complexity index is 697. The summed E-state index contributed by atoms with van der Waals surface area (Å²) in [6.45, 7) is 0. The zero-order valence-corrected chi connectivity index (χ0v) is 13.4. The molecule has 1 atom stereocenters. The average molecular weight is 340 g/mol. The highest BCUT2D eigenvalue weighted by Crippen LogP contribution is 2.23. The highest BCUT2D eigenvalue weighted by atomic mass is 19.4. The van der Waals surface area contributed by atoms with Gasteiger partial charge < -0.3 is 10.6 Å². The Kier molecular flexibility index (Phi) is 5.61. The first-order valence-electron chi connectivity index (χ1n) is 7.41. The van der Waals surface area contributed by atoms with Gasteiger partial charge in [-0.1, -0.05) is 12.1 Å². The lowest BCUT2D eigenvalue weighted by Gasteiger charge is -2.15. The maximum absolute atomic E-state index is 12.4. The third kappa shape index (κ3) is 5.09. The van der Waals surface area contributed by atoms with E-state index in [1.54, 1.807) is 55.4 Å². The molecule has 0 fully saturated rings. The summed E-state index contributed by atoms with van der Waals surface area (Å²) in [5, 5.41) is 9.64. The summed E-state index contributed by atoms with van der Waals surface area (Å²) in [6, 6.07) is 5.83. The van der Waals surface area contributed by atoms with Gasteiger partial charge in [0.1, 0.15) is 6.04 Å². The summed E-state index contributed by atoms with van der Waals surface area (Å²) in [5.74, 6) is -0.307. The molecular weight excluding hydrogens is 321 g/mol. The smallest absolute Gasteiger partial charge is 0.324 e. The average Bonchev–Trinajstić information content (AvgIpc) is 2.92. The first-order valence-corrected chi connectivity index (χ1v) is 7.41. The minimum Gasteiger partial charge on any atom is -0.324 e. The van der Waals surface area contributed by atoms with Crippen molar-refractivity contribution in [3.05, 3.63) is 47.8 Å². The van der Waals surface area contributed by atoms with Crippen LogP contribution >= 0.6 is 0 Å². The first kappa shape index (κ1) is 18.0. The highest BCUT2D eigenvalue weighted by molar-refractivity contribution is 5.95. The van der Waals surface area contributed by atoms with Crippen molar-refractivity contribution in [1.29, 1.82) is 0 Å². The quantitative estimate of drug-likeness (QED) is 0.850. The Morgan fingerprint density at radius 1 is 1.38 bits per heavy atom. The minimum atomic E-state index is -4.20. The summed E-state index contributed by atoms with van der Waals surface area (Å²) >= 11 is 0. The number of anilines is 1. The van der Waals surface area contributed by atoms with Crippen LogP contribution in [0, 0.1) is 0 Å². The number of rotatable bonds is 6. The fourth-order valence-electron chi connectivity index (χ4n) is 2.34. The van der Waals surface area contributed by atoms with Crippen LogP contribution in [0.25, 0.3) is 0 Å². The number of likely N-dealkylation sites (N-methyl/N-ethyl adjacent to an activating group) is 1. The predicted molar refractivity (Wildman–Crippen MR) is 84.5 cm³/mol. The zero-order valence-electron chi connectivity index (χ0n) is 13.4. The Hall–Kier alpha value is -2.35. The molecule has 8 heteroatoms. The Morgan fingerprint density at radius 2 is 2.12 bits per heavy atom. The molecule has 2 N–H and O–H groups in total. The topological polar surface area (TPSA) is 59.0 Å². The molecular formula is C16H19F3N4O. The van der Waals surface area contributed by atoms with Gasteiger partial charge in [-0.05, 0) is 31.2 Å². The fraction of sp³-hybridized carbons (Fsp3) is 0.375. The number of hydrogen-bond donors (Lipinski definition) is 2. The molecule has 2 rings (SSSR count). The van der Waals surface area contributed by atoms with Crippen LogP contribution in [0.15, 0.2) is 36.7 Å². The number of nitrogens with zero attached hydrogens (tertiary/aromatic N) is 2. The van der Waals surface area contributed by atoms with Gasteiger partial charge in [0, 0.05) is 30.9 Å². The van der Waals surface area contributed by atoms with Crippen LogP contribution in [0.5, 0.6) is 0 Å². The number of benzene rings is 1. The summed E-state index contributed by atoms with van der Waals surface area (Å²) in [7, 11) is 3.40. The Labute approximate surface area is 137 Å². The molecule has 0 radical (unpaired) electrons. The number of nitrogens with one attached hydrogen (secondary N) is 2. The van der Waals surface area contributed by atoms with Gasteiger partial charge in [0.25, 0.3) is 0 Å². The van der Waals surface area contributed by atoms with Crippen LogP contribution < -0.4 is 10.6 Å². The van der Waals surface area contributed by atoms with Gasteiger partial charge in [0.2, 0.25) is 5.91 Å². The van der Waals surface area contributed by atoms with E-state index in [0.29, 0.717) is 16.8 Å². The molecule has 0 saturated carbocycles. The van der Waals surface area contributed by atoms with Gasteiger partial charge in [0.15, 0.2) is 0 Å². The molecule has 0 spiro atoms. The normalized spacial score (nSPS) is 12.9. The lowest BCUT2D eigenvalue weighted by molar-refractivity contribution is -0.134. The van der Waals surface area contributed by atoms with E-state index in [1.165, 1.54) is 0 Å². The van der Waals surface area contributed by atoms with E-state index in [4.69, 9.17) is 0 Å². The maximum atomic E-state index is 12.4. The molecule has 1 unspecified atom stereocenters.